The fourth-order valence-corrected chi connectivity index (χ4v) is 3.99. The molecular formula is C28H20Cl2N2O3. The van der Waals surface area contributed by atoms with Crippen molar-refractivity contribution >= 4 is 51.6 Å². The highest BCUT2D eigenvalue weighted by Crippen LogP contribution is 2.31. The number of nitrogens with one attached hydrogen (secondary N) is 1. The quantitative estimate of drug-likeness (QED) is 0.213. The highest BCUT2D eigenvalue weighted by molar-refractivity contribution is 6.35. The minimum Gasteiger partial charge on any atom is -0.493 e. The monoisotopic (exact) mass is 502 g/mol. The van der Waals surface area contributed by atoms with Gasteiger partial charge >= 0.3 is 0 Å². The number of nitrogens with zero attached hydrogens (tertiary/aromatic N) is 1. The van der Waals surface area contributed by atoms with Crippen LogP contribution in [0.25, 0.3) is 16.8 Å². The van der Waals surface area contributed by atoms with Gasteiger partial charge in [0.25, 0.3) is 5.91 Å². The Kier molecular flexibility index (Phi) is 7.57. The summed E-state index contributed by atoms with van der Waals surface area (Å²) in [6.07, 6.45) is 1.50. The number of carbonyl (C=O) groups excluding carboxylic acids is 1. The lowest BCUT2D eigenvalue weighted by molar-refractivity contribution is -0.112. The number of halogens is 2. The van der Waals surface area contributed by atoms with Crippen LogP contribution in [0.4, 0.5) is 5.69 Å². The largest absolute Gasteiger partial charge is 0.493 e. The zero-order chi connectivity index (χ0) is 24.8. The van der Waals surface area contributed by atoms with Crippen LogP contribution in [0.2, 0.25) is 10.0 Å². The van der Waals surface area contributed by atoms with Crippen molar-refractivity contribution in [2.75, 3.05) is 12.4 Å². The number of amides is 1. The molecule has 0 unspecified atom stereocenters. The van der Waals surface area contributed by atoms with Gasteiger partial charge in [0, 0.05) is 26.7 Å². The van der Waals surface area contributed by atoms with E-state index in [1.165, 1.54) is 13.2 Å². The number of benzene rings is 4. The highest BCUT2D eigenvalue weighted by atomic mass is 35.5. The molecule has 174 valence electrons. The van der Waals surface area contributed by atoms with E-state index in [-0.39, 0.29) is 12.2 Å². The molecule has 0 fully saturated rings. The molecule has 4 rings (SSSR count). The molecule has 0 aliphatic carbocycles. The summed E-state index contributed by atoms with van der Waals surface area (Å²) in [7, 11) is 1.53. The van der Waals surface area contributed by atoms with Gasteiger partial charge < -0.3 is 14.8 Å². The first-order valence-corrected chi connectivity index (χ1v) is 11.4. The Hall–Kier alpha value is -3.98. The third kappa shape index (κ3) is 5.75. The van der Waals surface area contributed by atoms with E-state index >= 15 is 0 Å². The van der Waals surface area contributed by atoms with Crippen molar-refractivity contribution < 1.29 is 14.3 Å². The molecule has 0 aliphatic rings. The Morgan fingerprint density at radius 3 is 2.57 bits per heavy atom. The van der Waals surface area contributed by atoms with Gasteiger partial charge in [-0.05, 0) is 47.4 Å². The molecule has 0 atom stereocenters. The Morgan fingerprint density at radius 1 is 1.00 bits per heavy atom. The van der Waals surface area contributed by atoms with Crippen LogP contribution in [0, 0.1) is 11.3 Å². The van der Waals surface area contributed by atoms with Gasteiger partial charge in [-0.25, -0.2) is 0 Å². The summed E-state index contributed by atoms with van der Waals surface area (Å²) in [6, 6.07) is 25.6. The second-order valence-corrected chi connectivity index (χ2v) is 8.43. The Morgan fingerprint density at radius 2 is 1.80 bits per heavy atom. The van der Waals surface area contributed by atoms with E-state index in [9.17, 15) is 10.1 Å². The third-order valence-electron chi connectivity index (χ3n) is 5.30. The summed E-state index contributed by atoms with van der Waals surface area (Å²) >= 11 is 12.2. The first-order valence-electron chi connectivity index (χ1n) is 10.6. The van der Waals surface area contributed by atoms with Crippen molar-refractivity contribution in [2.24, 2.45) is 0 Å². The lowest BCUT2D eigenvalue weighted by Crippen LogP contribution is -2.13. The van der Waals surface area contributed by atoms with Crippen molar-refractivity contribution in [3.05, 3.63) is 106 Å². The van der Waals surface area contributed by atoms with Crippen LogP contribution in [-0.4, -0.2) is 13.0 Å². The SMILES string of the molecule is COc1ccc(/C=C(\C#N)C(=O)Nc2cccc3ccccc23)cc1OCc1ccc(Cl)cc1Cl. The van der Waals surface area contributed by atoms with Gasteiger partial charge in [0.1, 0.15) is 18.2 Å². The standard InChI is InChI=1S/C28H20Cl2N2O3/c1-34-26-12-9-18(14-27(26)35-17-20-10-11-22(29)15-24(20)30)13-21(16-31)28(33)32-25-8-4-6-19-5-2-3-7-23(19)25/h2-15H,17H2,1H3,(H,32,33)/b21-13+. The van der Waals surface area contributed by atoms with Crippen LogP contribution in [0.5, 0.6) is 11.5 Å². The minimum absolute atomic E-state index is 0.0465. The molecule has 4 aromatic carbocycles. The van der Waals surface area contributed by atoms with E-state index in [0.717, 1.165) is 16.3 Å². The average molecular weight is 503 g/mol. The van der Waals surface area contributed by atoms with E-state index in [1.54, 1.807) is 42.5 Å². The molecule has 35 heavy (non-hydrogen) atoms. The normalized spacial score (nSPS) is 11.1. The van der Waals surface area contributed by atoms with Crippen molar-refractivity contribution in [2.45, 2.75) is 6.61 Å². The summed E-state index contributed by atoms with van der Waals surface area (Å²) in [6.45, 7) is 0.187. The van der Waals surface area contributed by atoms with Crippen LogP contribution in [0.3, 0.4) is 0 Å². The van der Waals surface area contributed by atoms with Crippen LogP contribution in [-0.2, 0) is 11.4 Å². The second kappa shape index (κ2) is 11.0. The zero-order valence-corrected chi connectivity index (χ0v) is 20.2. The summed E-state index contributed by atoms with van der Waals surface area (Å²) in [5, 5.41) is 15.4. The number of hydrogen-bond acceptors (Lipinski definition) is 4. The maximum Gasteiger partial charge on any atom is 0.266 e. The van der Waals surface area contributed by atoms with Gasteiger partial charge in [-0.3, -0.25) is 4.79 Å². The fraction of sp³-hybridized carbons (Fsp3) is 0.0714. The molecule has 5 nitrogen and oxygen atoms in total. The summed E-state index contributed by atoms with van der Waals surface area (Å²) in [5.41, 5.74) is 1.95. The molecule has 0 heterocycles. The number of rotatable bonds is 7. The van der Waals surface area contributed by atoms with E-state index in [4.69, 9.17) is 32.7 Å². The molecule has 0 radical (unpaired) electrons. The Balaban J connectivity index is 1.57. The van der Waals surface area contributed by atoms with Crippen molar-refractivity contribution in [3.63, 3.8) is 0 Å². The van der Waals surface area contributed by atoms with Crippen molar-refractivity contribution in [1.29, 1.82) is 5.26 Å². The van der Waals surface area contributed by atoms with Gasteiger partial charge in [0.2, 0.25) is 0 Å². The predicted octanol–water partition coefficient (Wildman–Crippen LogP) is 7.28. The molecule has 0 spiro atoms. The van der Waals surface area contributed by atoms with E-state index < -0.39 is 5.91 Å². The number of carbonyl (C=O) groups is 1. The van der Waals surface area contributed by atoms with Gasteiger partial charge in [0.05, 0.1) is 7.11 Å². The molecule has 1 N–H and O–H groups in total. The lowest BCUT2D eigenvalue weighted by Gasteiger charge is -2.13. The van der Waals surface area contributed by atoms with Crippen molar-refractivity contribution in [3.8, 4) is 17.6 Å². The maximum atomic E-state index is 12.9. The molecule has 0 aliphatic heterocycles. The maximum absolute atomic E-state index is 12.9. The Bertz CT molecular complexity index is 1470. The topological polar surface area (TPSA) is 71.3 Å². The molecule has 4 aromatic rings. The molecule has 0 saturated carbocycles. The van der Waals surface area contributed by atoms with Gasteiger partial charge in [-0.1, -0.05) is 71.7 Å². The first-order chi connectivity index (χ1) is 17.0. The third-order valence-corrected chi connectivity index (χ3v) is 5.89. The molecular weight excluding hydrogens is 483 g/mol. The van der Waals surface area contributed by atoms with Gasteiger partial charge in [0.15, 0.2) is 11.5 Å². The fourth-order valence-electron chi connectivity index (χ4n) is 3.53. The molecule has 7 heteroatoms. The summed E-state index contributed by atoms with van der Waals surface area (Å²) in [5.74, 6) is 0.444. The van der Waals surface area contributed by atoms with Crippen LogP contribution < -0.4 is 14.8 Å². The number of nitriles is 1. The number of ether oxygens (including phenoxy) is 2. The predicted molar refractivity (Wildman–Crippen MR) is 140 cm³/mol. The Labute approximate surface area is 213 Å². The lowest BCUT2D eigenvalue weighted by atomic mass is 10.1. The van der Waals surface area contributed by atoms with Crippen LogP contribution in [0.15, 0.2) is 84.4 Å². The summed E-state index contributed by atoms with van der Waals surface area (Å²) < 4.78 is 11.3. The molecule has 0 saturated heterocycles. The van der Waals surface area contributed by atoms with Crippen molar-refractivity contribution in [1.82, 2.24) is 0 Å². The number of hydrogen-bond donors (Lipinski definition) is 1. The van der Waals surface area contributed by atoms with Gasteiger partial charge in [-0.15, -0.1) is 0 Å². The number of anilines is 1. The van der Waals surface area contributed by atoms with E-state index in [2.05, 4.69) is 5.32 Å². The van der Waals surface area contributed by atoms with Gasteiger partial charge in [-0.2, -0.15) is 5.26 Å². The number of fused-ring (bicyclic) bond motifs is 1. The second-order valence-electron chi connectivity index (χ2n) is 7.59. The smallest absolute Gasteiger partial charge is 0.266 e. The van der Waals surface area contributed by atoms with Crippen LogP contribution >= 0.6 is 23.2 Å². The van der Waals surface area contributed by atoms with E-state index in [1.807, 2.05) is 42.5 Å². The average Bonchev–Trinajstić information content (AvgIpc) is 2.87. The number of methoxy groups -OCH3 is 1. The molecule has 0 aromatic heterocycles. The highest BCUT2D eigenvalue weighted by Gasteiger charge is 2.13. The zero-order valence-electron chi connectivity index (χ0n) is 18.7. The minimum atomic E-state index is -0.505. The first kappa shape index (κ1) is 24.2. The summed E-state index contributed by atoms with van der Waals surface area (Å²) in [4.78, 5) is 12.9. The van der Waals surface area contributed by atoms with Crippen LogP contribution in [0.1, 0.15) is 11.1 Å². The van der Waals surface area contributed by atoms with E-state index in [0.29, 0.717) is 32.8 Å². The molecule has 1 amide bonds. The molecule has 0 bridgehead atoms.